The van der Waals surface area contributed by atoms with E-state index in [2.05, 4.69) is 16.5 Å². The molecule has 8 heteroatoms. The first-order valence-electron chi connectivity index (χ1n) is 14.5. The predicted molar refractivity (Wildman–Crippen MR) is 144 cm³/mol. The smallest absolute Gasteiger partial charge is 0.414 e. The summed E-state index contributed by atoms with van der Waals surface area (Å²) in [6.45, 7) is 0.745. The van der Waals surface area contributed by atoms with E-state index < -0.39 is 0 Å². The third-order valence-electron chi connectivity index (χ3n) is 8.92. The van der Waals surface area contributed by atoms with E-state index in [-0.39, 0.29) is 24.0 Å². The Morgan fingerprint density at radius 3 is 2.42 bits per heavy atom. The fraction of sp³-hybridized carbons (Fsp3) is 0.600. The summed E-state index contributed by atoms with van der Waals surface area (Å²) < 4.78 is 7.22. The number of hydrogen-bond donors (Lipinski definition) is 1. The van der Waals surface area contributed by atoms with Crippen LogP contribution < -0.4 is 10.2 Å². The van der Waals surface area contributed by atoms with Crippen LogP contribution in [0.2, 0.25) is 0 Å². The molecule has 0 radical (unpaired) electrons. The largest absolute Gasteiger partial charge is 0.442 e. The van der Waals surface area contributed by atoms with Crippen LogP contribution in [0.15, 0.2) is 24.4 Å². The van der Waals surface area contributed by atoms with Crippen LogP contribution in [0.4, 0.5) is 10.5 Å². The molecular weight excluding hydrogens is 480 g/mol. The maximum atomic E-state index is 13.2. The molecule has 1 saturated heterocycles. The highest BCUT2D eigenvalue weighted by Gasteiger charge is 2.34. The molecule has 1 aromatic carbocycles. The molecule has 1 atom stereocenters. The van der Waals surface area contributed by atoms with Gasteiger partial charge in [0.25, 0.3) is 0 Å². The molecule has 2 aromatic rings. The van der Waals surface area contributed by atoms with Gasteiger partial charge in [0.15, 0.2) is 0 Å². The Bertz CT molecular complexity index is 1210. The number of rotatable bonds is 7. The van der Waals surface area contributed by atoms with Gasteiger partial charge in [0, 0.05) is 24.1 Å². The average Bonchev–Trinajstić information content (AvgIpc) is 3.71. The van der Waals surface area contributed by atoms with E-state index in [0.29, 0.717) is 37.8 Å². The van der Waals surface area contributed by atoms with E-state index in [0.717, 1.165) is 73.0 Å². The third-order valence-corrected chi connectivity index (χ3v) is 8.92. The van der Waals surface area contributed by atoms with Gasteiger partial charge in [-0.15, -0.1) is 0 Å². The molecule has 2 amide bonds. The quantitative estimate of drug-likeness (QED) is 0.538. The lowest BCUT2D eigenvalue weighted by molar-refractivity contribution is -0.122. The molecular formula is C30H38N4O4. The highest BCUT2D eigenvalue weighted by atomic mass is 16.6. The Morgan fingerprint density at radius 2 is 1.66 bits per heavy atom. The van der Waals surface area contributed by atoms with Crippen LogP contribution in [-0.4, -0.2) is 46.9 Å². The number of ether oxygens (including phenoxy) is 1. The van der Waals surface area contributed by atoms with Crippen molar-refractivity contribution in [2.75, 3.05) is 18.0 Å². The average molecular weight is 519 g/mol. The topological polar surface area (TPSA) is 93.5 Å². The van der Waals surface area contributed by atoms with Gasteiger partial charge in [0.1, 0.15) is 6.10 Å². The first-order valence-corrected chi connectivity index (χ1v) is 14.5. The number of fused-ring (bicyclic) bond motifs is 3. The van der Waals surface area contributed by atoms with Gasteiger partial charge in [-0.1, -0.05) is 31.7 Å². The number of cyclic esters (lactones) is 1. The molecule has 1 N–H and O–H groups in total. The lowest BCUT2D eigenvalue weighted by Crippen LogP contribution is -2.35. The summed E-state index contributed by atoms with van der Waals surface area (Å²) in [5, 5.41) is 7.49. The monoisotopic (exact) mass is 518 g/mol. The summed E-state index contributed by atoms with van der Waals surface area (Å²) in [7, 11) is 0. The van der Waals surface area contributed by atoms with Gasteiger partial charge in [-0.2, -0.15) is 9.78 Å². The number of nitrogens with one attached hydrogen (secondary N) is 1. The number of amides is 2. The summed E-state index contributed by atoms with van der Waals surface area (Å²) in [6, 6.07) is 6.03. The van der Waals surface area contributed by atoms with Gasteiger partial charge in [-0.05, 0) is 80.0 Å². The summed E-state index contributed by atoms with van der Waals surface area (Å²) in [6.07, 6.45) is 14.3. The van der Waals surface area contributed by atoms with E-state index in [9.17, 15) is 14.4 Å². The van der Waals surface area contributed by atoms with Gasteiger partial charge in [-0.25, -0.2) is 4.79 Å². The van der Waals surface area contributed by atoms with Gasteiger partial charge >= 0.3 is 6.09 Å². The van der Waals surface area contributed by atoms with Crippen LogP contribution in [0.1, 0.15) is 86.6 Å². The molecule has 0 spiro atoms. The summed E-state index contributed by atoms with van der Waals surface area (Å²) in [4.78, 5) is 40.0. The predicted octanol–water partition coefficient (Wildman–Crippen LogP) is 5.28. The Hall–Kier alpha value is -3.16. The van der Waals surface area contributed by atoms with Crippen molar-refractivity contribution in [3.8, 4) is 11.3 Å². The fourth-order valence-electron chi connectivity index (χ4n) is 6.86. The second-order valence-electron chi connectivity index (χ2n) is 11.6. The maximum Gasteiger partial charge on any atom is 0.414 e. The van der Waals surface area contributed by atoms with Gasteiger partial charge in [0.2, 0.25) is 11.8 Å². The van der Waals surface area contributed by atoms with Crippen LogP contribution in [0, 0.1) is 11.8 Å². The number of carbonyl (C=O) groups is 3. The van der Waals surface area contributed by atoms with Crippen LogP contribution in [-0.2, 0) is 22.4 Å². The second-order valence-corrected chi connectivity index (χ2v) is 11.6. The van der Waals surface area contributed by atoms with E-state index in [1.165, 1.54) is 25.7 Å². The number of anilines is 1. The minimum Gasteiger partial charge on any atom is -0.442 e. The Balaban J connectivity index is 1.14. The molecule has 8 nitrogen and oxygen atoms in total. The van der Waals surface area contributed by atoms with Crippen molar-refractivity contribution in [1.82, 2.24) is 15.1 Å². The van der Waals surface area contributed by atoms with Gasteiger partial charge in [-0.3, -0.25) is 14.5 Å². The third kappa shape index (κ3) is 5.22. The number of aryl methyl sites for hydroxylation is 2. The molecule has 0 unspecified atom stereocenters. The van der Waals surface area contributed by atoms with Crippen molar-refractivity contribution in [1.29, 1.82) is 0 Å². The molecule has 1 aromatic heterocycles. The molecule has 202 valence electrons. The zero-order valence-electron chi connectivity index (χ0n) is 22.1. The van der Waals surface area contributed by atoms with E-state index in [1.807, 2.05) is 18.3 Å². The molecule has 6 rings (SSSR count). The number of hydrogen-bond acceptors (Lipinski definition) is 5. The number of nitrogens with zero attached hydrogens (tertiary/aromatic N) is 3. The van der Waals surface area contributed by atoms with Crippen molar-refractivity contribution in [3.63, 3.8) is 0 Å². The van der Waals surface area contributed by atoms with Crippen LogP contribution >= 0.6 is 0 Å². The minimum atomic E-state index is -0.383. The number of benzene rings is 1. The van der Waals surface area contributed by atoms with Crippen molar-refractivity contribution < 1.29 is 19.1 Å². The minimum absolute atomic E-state index is 0.0475. The van der Waals surface area contributed by atoms with E-state index in [4.69, 9.17) is 4.74 Å². The van der Waals surface area contributed by atoms with E-state index >= 15 is 0 Å². The SMILES string of the molecule is O=C(CC1CCCC1)NC[C@H]1CN(c2ccc3c(c2)CCCc2cnn(C(=O)CC4CCCC4)c2-3)C(=O)O1. The molecule has 2 heterocycles. The molecule has 3 aliphatic carbocycles. The highest BCUT2D eigenvalue weighted by Crippen LogP contribution is 2.37. The Morgan fingerprint density at radius 1 is 0.947 bits per heavy atom. The normalized spacial score (nSPS) is 21.7. The molecule has 1 aliphatic heterocycles. The maximum absolute atomic E-state index is 13.2. The van der Waals surface area contributed by atoms with Crippen molar-refractivity contribution in [2.24, 2.45) is 11.8 Å². The fourth-order valence-corrected chi connectivity index (χ4v) is 6.86. The number of aromatic nitrogens is 2. The zero-order chi connectivity index (χ0) is 26.1. The van der Waals surface area contributed by atoms with Crippen molar-refractivity contribution >= 4 is 23.6 Å². The number of carbonyl (C=O) groups excluding carboxylic acids is 3. The molecule has 3 fully saturated rings. The van der Waals surface area contributed by atoms with Crippen LogP contribution in [0.3, 0.4) is 0 Å². The lowest BCUT2D eigenvalue weighted by atomic mass is 10.00. The van der Waals surface area contributed by atoms with Crippen LogP contribution in [0.25, 0.3) is 11.3 Å². The Labute approximate surface area is 224 Å². The molecule has 0 bridgehead atoms. The molecule has 2 saturated carbocycles. The van der Waals surface area contributed by atoms with Gasteiger partial charge < -0.3 is 10.1 Å². The van der Waals surface area contributed by atoms with Crippen molar-refractivity contribution in [2.45, 2.75) is 89.6 Å². The van der Waals surface area contributed by atoms with Crippen LogP contribution in [0.5, 0.6) is 0 Å². The summed E-state index contributed by atoms with van der Waals surface area (Å²) in [5.41, 5.74) is 4.98. The summed E-state index contributed by atoms with van der Waals surface area (Å²) in [5.74, 6) is 1.09. The molecule has 38 heavy (non-hydrogen) atoms. The second kappa shape index (κ2) is 10.9. The summed E-state index contributed by atoms with van der Waals surface area (Å²) >= 11 is 0. The van der Waals surface area contributed by atoms with E-state index in [1.54, 1.807) is 9.58 Å². The standard InChI is InChI=1S/C30H38N4O4/c35-27(14-20-6-1-2-7-20)31-18-25-19-33(30(37)38-25)24-12-13-26-22(16-24)10-5-11-23-17-32-34(29(23)26)28(36)15-21-8-3-4-9-21/h12-13,16-17,20-21,25H,1-11,14-15,18-19H2,(H,31,35)/t25-/m0/s1. The van der Waals surface area contributed by atoms with Gasteiger partial charge in [0.05, 0.1) is 25.0 Å². The Kier molecular flexibility index (Phi) is 7.22. The molecule has 4 aliphatic rings. The highest BCUT2D eigenvalue weighted by molar-refractivity contribution is 5.91. The lowest BCUT2D eigenvalue weighted by Gasteiger charge is -2.17. The first kappa shape index (κ1) is 25.1. The zero-order valence-corrected chi connectivity index (χ0v) is 22.1. The van der Waals surface area contributed by atoms with Crippen molar-refractivity contribution in [3.05, 3.63) is 35.5 Å². The first-order chi connectivity index (χ1) is 18.5.